The Morgan fingerprint density at radius 2 is 1.73 bits per heavy atom. The summed E-state index contributed by atoms with van der Waals surface area (Å²) in [5, 5.41) is 0. The van der Waals surface area contributed by atoms with Crippen molar-refractivity contribution in [3.05, 3.63) is 120 Å². The van der Waals surface area contributed by atoms with Gasteiger partial charge in [-0.3, -0.25) is 19.7 Å². The molecule has 2 aliphatic rings. The van der Waals surface area contributed by atoms with Gasteiger partial charge in [-0.15, -0.1) is 0 Å². The van der Waals surface area contributed by atoms with E-state index in [1.807, 2.05) is 66.7 Å². The molecule has 0 aliphatic carbocycles. The van der Waals surface area contributed by atoms with E-state index in [4.69, 9.17) is 4.74 Å². The Hall–Kier alpha value is -4.72. The number of carbonyl (C=O) groups is 2. The lowest BCUT2D eigenvalue weighted by atomic mass is 9.80. The molecule has 2 aromatic heterocycles. The summed E-state index contributed by atoms with van der Waals surface area (Å²) in [5.41, 5.74) is 3.37. The maximum absolute atomic E-state index is 14.5. The summed E-state index contributed by atoms with van der Waals surface area (Å²) in [6, 6.07) is 25.2. The molecule has 0 radical (unpaired) electrons. The lowest BCUT2D eigenvalue weighted by molar-refractivity contribution is -0.134. The van der Waals surface area contributed by atoms with E-state index in [0.29, 0.717) is 24.4 Å². The minimum atomic E-state index is -1.15. The molecule has 1 spiro atoms. The second kappa shape index (κ2) is 10.8. The summed E-state index contributed by atoms with van der Waals surface area (Å²) in [6.45, 7) is 1.79. The second-order valence-corrected chi connectivity index (χ2v) is 10.2. The zero-order chi connectivity index (χ0) is 27.5. The van der Waals surface area contributed by atoms with E-state index in [1.54, 1.807) is 30.6 Å². The number of aromatic nitrogens is 2. The number of urea groups is 1. The Labute approximate surface area is 233 Å². The number of hydrogen-bond donors (Lipinski definition) is 0. The number of anilines is 1. The maximum atomic E-state index is 14.5. The number of imide groups is 1. The molecule has 8 heteroatoms. The summed E-state index contributed by atoms with van der Waals surface area (Å²) in [4.78, 5) is 42.6. The molecular formula is C32H31N5O3. The van der Waals surface area contributed by atoms with Gasteiger partial charge in [-0.2, -0.15) is 0 Å². The molecule has 4 heterocycles. The molecule has 2 aliphatic heterocycles. The van der Waals surface area contributed by atoms with Crippen LogP contribution in [0.5, 0.6) is 5.75 Å². The van der Waals surface area contributed by atoms with Crippen molar-refractivity contribution >= 4 is 17.6 Å². The molecule has 1 saturated heterocycles. The summed E-state index contributed by atoms with van der Waals surface area (Å²) < 4.78 is 5.59. The fourth-order valence-electron chi connectivity index (χ4n) is 5.85. The molecule has 202 valence electrons. The van der Waals surface area contributed by atoms with E-state index >= 15 is 0 Å². The van der Waals surface area contributed by atoms with E-state index in [0.717, 1.165) is 29.8 Å². The lowest BCUT2D eigenvalue weighted by Crippen LogP contribution is -2.52. The number of hydrogen-bond acceptors (Lipinski definition) is 6. The second-order valence-electron chi connectivity index (χ2n) is 10.2. The molecule has 0 saturated carbocycles. The highest BCUT2D eigenvalue weighted by atomic mass is 16.5. The van der Waals surface area contributed by atoms with Gasteiger partial charge in [0.2, 0.25) is 0 Å². The highest BCUT2D eigenvalue weighted by Gasteiger charge is 2.60. The molecule has 1 atom stereocenters. The number of ether oxygens (including phenoxy) is 1. The number of rotatable bonds is 8. The number of carbonyl (C=O) groups excluding carboxylic acids is 2. The largest absolute Gasteiger partial charge is 0.497 e. The number of benzene rings is 2. The van der Waals surface area contributed by atoms with Crippen molar-refractivity contribution < 1.29 is 14.3 Å². The summed E-state index contributed by atoms with van der Waals surface area (Å²) >= 11 is 0. The number of methoxy groups -OCH3 is 1. The molecule has 8 nitrogen and oxygen atoms in total. The van der Waals surface area contributed by atoms with Crippen molar-refractivity contribution in [2.75, 3.05) is 25.1 Å². The van der Waals surface area contributed by atoms with Crippen LogP contribution in [-0.2, 0) is 29.8 Å². The zero-order valence-electron chi connectivity index (χ0n) is 22.4. The highest BCUT2D eigenvalue weighted by Crippen LogP contribution is 2.49. The predicted octanol–water partition coefficient (Wildman–Crippen LogP) is 4.80. The standard InChI is InChI=1S/C32H31N5O3/c1-40-27-12-13-28-29(20-27)35(18-14-24-8-3-2-4-9-24)19-15-32(28)30(38)36(23-26-11-5-6-17-34-26)31(39)37(32)22-25-10-7-16-33-21-25/h2-13,16-17,20-21H,14-15,18-19,22-23H2,1H3. The third-order valence-electron chi connectivity index (χ3n) is 7.88. The van der Waals surface area contributed by atoms with Gasteiger partial charge in [0, 0.05) is 55.4 Å². The van der Waals surface area contributed by atoms with Crippen LogP contribution in [0.1, 0.15) is 28.8 Å². The monoisotopic (exact) mass is 533 g/mol. The third kappa shape index (κ3) is 4.55. The van der Waals surface area contributed by atoms with Gasteiger partial charge in [-0.05, 0) is 41.8 Å². The van der Waals surface area contributed by atoms with Crippen molar-refractivity contribution in [3.63, 3.8) is 0 Å². The Balaban J connectivity index is 1.42. The minimum absolute atomic E-state index is 0.118. The smallest absolute Gasteiger partial charge is 0.328 e. The van der Waals surface area contributed by atoms with Gasteiger partial charge in [0.05, 0.1) is 25.9 Å². The highest BCUT2D eigenvalue weighted by molar-refractivity contribution is 6.08. The third-order valence-corrected chi connectivity index (χ3v) is 7.88. The van der Waals surface area contributed by atoms with Gasteiger partial charge in [0.15, 0.2) is 5.54 Å². The van der Waals surface area contributed by atoms with E-state index in [-0.39, 0.29) is 25.0 Å². The van der Waals surface area contributed by atoms with Gasteiger partial charge >= 0.3 is 6.03 Å². The van der Waals surface area contributed by atoms with Crippen LogP contribution in [0.2, 0.25) is 0 Å². The number of fused-ring (bicyclic) bond motifs is 2. The molecule has 1 fully saturated rings. The first-order chi connectivity index (χ1) is 19.6. The van der Waals surface area contributed by atoms with Gasteiger partial charge in [-0.25, -0.2) is 4.79 Å². The molecule has 2 aromatic carbocycles. The van der Waals surface area contributed by atoms with Crippen LogP contribution in [0, 0.1) is 0 Å². The SMILES string of the molecule is COc1ccc2c(c1)N(CCc1ccccc1)CCC21C(=O)N(Cc2ccccn2)C(=O)N1Cc1cccnc1. The van der Waals surface area contributed by atoms with Crippen molar-refractivity contribution in [1.82, 2.24) is 19.8 Å². The van der Waals surface area contributed by atoms with Crippen LogP contribution < -0.4 is 9.64 Å². The maximum Gasteiger partial charge on any atom is 0.328 e. The number of pyridine rings is 2. The predicted molar refractivity (Wildman–Crippen MR) is 152 cm³/mol. The Morgan fingerprint density at radius 3 is 2.48 bits per heavy atom. The van der Waals surface area contributed by atoms with Crippen LogP contribution in [0.15, 0.2) is 97.5 Å². The summed E-state index contributed by atoms with van der Waals surface area (Å²) in [5.74, 6) is 0.489. The van der Waals surface area contributed by atoms with Crippen LogP contribution in [0.4, 0.5) is 10.5 Å². The number of amides is 3. The van der Waals surface area contributed by atoms with Crippen LogP contribution in [-0.4, -0.2) is 51.9 Å². The van der Waals surface area contributed by atoms with Crippen molar-refractivity contribution in [3.8, 4) is 5.75 Å². The first-order valence-corrected chi connectivity index (χ1v) is 13.5. The Morgan fingerprint density at radius 1 is 0.900 bits per heavy atom. The molecule has 1 unspecified atom stereocenters. The van der Waals surface area contributed by atoms with Gasteiger partial charge < -0.3 is 14.5 Å². The molecule has 6 rings (SSSR count). The summed E-state index contributed by atoms with van der Waals surface area (Å²) in [7, 11) is 1.64. The minimum Gasteiger partial charge on any atom is -0.497 e. The molecule has 3 amide bonds. The van der Waals surface area contributed by atoms with Crippen LogP contribution >= 0.6 is 0 Å². The normalized spacial score (nSPS) is 18.4. The fraction of sp³-hybridized carbons (Fsp3) is 0.250. The van der Waals surface area contributed by atoms with Crippen LogP contribution in [0.25, 0.3) is 0 Å². The summed E-state index contributed by atoms with van der Waals surface area (Å²) in [6.07, 6.45) is 6.47. The van der Waals surface area contributed by atoms with E-state index in [9.17, 15) is 9.59 Å². The first-order valence-electron chi connectivity index (χ1n) is 13.5. The molecule has 0 bridgehead atoms. The van der Waals surface area contributed by atoms with Gasteiger partial charge in [0.25, 0.3) is 5.91 Å². The Bertz CT molecular complexity index is 1500. The number of nitrogens with zero attached hydrogens (tertiary/aromatic N) is 5. The van der Waals surface area contributed by atoms with Crippen molar-refractivity contribution in [1.29, 1.82) is 0 Å². The topological polar surface area (TPSA) is 78.9 Å². The first kappa shape index (κ1) is 25.6. The van der Waals surface area contributed by atoms with Crippen molar-refractivity contribution in [2.24, 2.45) is 0 Å². The fourth-order valence-corrected chi connectivity index (χ4v) is 5.85. The lowest BCUT2D eigenvalue weighted by Gasteiger charge is -2.44. The van der Waals surface area contributed by atoms with Gasteiger partial charge in [-0.1, -0.05) is 48.5 Å². The molecule has 40 heavy (non-hydrogen) atoms. The van der Waals surface area contributed by atoms with Crippen LogP contribution in [0.3, 0.4) is 0 Å². The van der Waals surface area contributed by atoms with E-state index in [2.05, 4.69) is 27.0 Å². The quantitative estimate of drug-likeness (QED) is 0.303. The van der Waals surface area contributed by atoms with Crippen molar-refractivity contribution in [2.45, 2.75) is 31.5 Å². The average Bonchev–Trinajstić information content (AvgIpc) is 3.19. The molecule has 0 N–H and O–H groups in total. The Kier molecular flexibility index (Phi) is 6.90. The van der Waals surface area contributed by atoms with E-state index in [1.165, 1.54) is 10.5 Å². The average molecular weight is 534 g/mol. The molecule has 4 aromatic rings. The zero-order valence-corrected chi connectivity index (χ0v) is 22.4. The van der Waals surface area contributed by atoms with E-state index < -0.39 is 5.54 Å². The van der Waals surface area contributed by atoms with Gasteiger partial charge in [0.1, 0.15) is 5.75 Å². The molecular weight excluding hydrogens is 502 g/mol.